The van der Waals surface area contributed by atoms with Crippen LogP contribution in [0.2, 0.25) is 0 Å². The van der Waals surface area contributed by atoms with Gasteiger partial charge in [0.25, 0.3) is 0 Å². The monoisotopic (exact) mass is 307 g/mol. The number of nitrogens with zero attached hydrogens (tertiary/aromatic N) is 4. The maximum atomic E-state index is 10.2. The van der Waals surface area contributed by atoms with Crippen molar-refractivity contribution in [2.45, 2.75) is 25.4 Å². The number of H-pyrrole nitrogens is 1. The fourth-order valence-electron chi connectivity index (χ4n) is 3.30. The van der Waals surface area contributed by atoms with Crippen molar-refractivity contribution in [1.82, 2.24) is 15.0 Å². The lowest BCUT2D eigenvalue weighted by Crippen LogP contribution is -2.42. The van der Waals surface area contributed by atoms with Crippen molar-refractivity contribution >= 4 is 27.6 Å². The standard InChI is InChI=1S/C17H17N5O/c1-17(23)4-7-22(8-5-17)15-12(9-18)20-10-13-14(15)11-3-2-6-19-16(11)21-13/h2-3,6,10,23H,4-5,7-8H2,1H3,(H,19,21). The molecule has 2 N–H and O–H groups in total. The van der Waals surface area contributed by atoms with Gasteiger partial charge in [-0.25, -0.2) is 9.97 Å². The Balaban J connectivity index is 1.95. The molecule has 4 rings (SSSR count). The number of piperidine rings is 1. The van der Waals surface area contributed by atoms with E-state index < -0.39 is 5.60 Å². The summed E-state index contributed by atoms with van der Waals surface area (Å²) in [4.78, 5) is 14.1. The van der Waals surface area contributed by atoms with Gasteiger partial charge in [-0.15, -0.1) is 0 Å². The first-order chi connectivity index (χ1) is 11.1. The maximum absolute atomic E-state index is 10.2. The smallest absolute Gasteiger partial charge is 0.164 e. The minimum absolute atomic E-state index is 0.420. The zero-order valence-corrected chi connectivity index (χ0v) is 12.9. The second-order valence-electron chi connectivity index (χ2n) is 6.36. The molecule has 1 saturated heterocycles. The van der Waals surface area contributed by atoms with Gasteiger partial charge in [0.15, 0.2) is 5.69 Å². The van der Waals surface area contributed by atoms with Gasteiger partial charge in [-0.2, -0.15) is 5.26 Å². The zero-order valence-electron chi connectivity index (χ0n) is 12.9. The lowest BCUT2D eigenvalue weighted by atomic mass is 9.93. The van der Waals surface area contributed by atoms with E-state index in [0.29, 0.717) is 31.6 Å². The molecule has 0 aromatic carbocycles. The summed E-state index contributed by atoms with van der Waals surface area (Å²) < 4.78 is 0. The van der Waals surface area contributed by atoms with Crippen LogP contribution in [0.3, 0.4) is 0 Å². The Labute approximate surface area is 133 Å². The summed E-state index contributed by atoms with van der Waals surface area (Å²) in [5.41, 5.74) is 2.31. The molecule has 1 fully saturated rings. The van der Waals surface area contributed by atoms with Gasteiger partial charge < -0.3 is 15.0 Å². The van der Waals surface area contributed by atoms with Crippen LogP contribution in [0.15, 0.2) is 24.5 Å². The number of fused-ring (bicyclic) bond motifs is 3. The van der Waals surface area contributed by atoms with E-state index in [9.17, 15) is 10.4 Å². The van der Waals surface area contributed by atoms with Gasteiger partial charge in [0.05, 0.1) is 23.0 Å². The highest BCUT2D eigenvalue weighted by Crippen LogP contribution is 2.36. The fourth-order valence-corrected chi connectivity index (χ4v) is 3.30. The lowest BCUT2D eigenvalue weighted by molar-refractivity contribution is 0.0351. The van der Waals surface area contributed by atoms with Crippen molar-refractivity contribution in [2.75, 3.05) is 18.0 Å². The fraction of sp³-hybridized carbons (Fsp3) is 0.353. The molecule has 6 heteroatoms. The summed E-state index contributed by atoms with van der Waals surface area (Å²) in [7, 11) is 0. The number of hydrogen-bond donors (Lipinski definition) is 2. The molecule has 0 unspecified atom stereocenters. The topological polar surface area (TPSA) is 88.8 Å². The van der Waals surface area contributed by atoms with Gasteiger partial charge in [0.2, 0.25) is 0 Å². The molecule has 3 aromatic rings. The summed E-state index contributed by atoms with van der Waals surface area (Å²) in [5, 5.41) is 21.7. The first-order valence-corrected chi connectivity index (χ1v) is 7.72. The third kappa shape index (κ3) is 2.21. The SMILES string of the molecule is CC1(O)CCN(c2c(C#N)ncc3[nH]c4ncccc4c23)CC1. The molecular formula is C17H17N5O. The Kier molecular flexibility index (Phi) is 3.00. The highest BCUT2D eigenvalue weighted by Gasteiger charge is 2.30. The number of aliphatic hydroxyl groups is 1. The molecule has 3 aromatic heterocycles. The Morgan fingerprint density at radius 3 is 2.87 bits per heavy atom. The summed E-state index contributed by atoms with van der Waals surface area (Å²) in [6, 6.07) is 6.11. The molecule has 0 radical (unpaired) electrons. The van der Waals surface area contributed by atoms with Crippen molar-refractivity contribution in [2.24, 2.45) is 0 Å². The summed E-state index contributed by atoms with van der Waals surface area (Å²) in [6.07, 6.45) is 4.79. The number of nitrogens with one attached hydrogen (secondary N) is 1. The van der Waals surface area contributed by atoms with Crippen LogP contribution in [0, 0.1) is 11.3 Å². The molecule has 6 nitrogen and oxygen atoms in total. The Morgan fingerprint density at radius 2 is 2.13 bits per heavy atom. The second kappa shape index (κ2) is 4.93. The lowest BCUT2D eigenvalue weighted by Gasteiger charge is -2.37. The Hall–Kier alpha value is -2.65. The zero-order chi connectivity index (χ0) is 16.0. The molecule has 4 heterocycles. The molecule has 0 bridgehead atoms. The van der Waals surface area contributed by atoms with Crippen molar-refractivity contribution < 1.29 is 5.11 Å². The van der Waals surface area contributed by atoms with E-state index in [1.54, 1.807) is 12.4 Å². The molecule has 116 valence electrons. The van der Waals surface area contributed by atoms with Crippen molar-refractivity contribution in [3.05, 3.63) is 30.2 Å². The predicted molar refractivity (Wildman–Crippen MR) is 88.2 cm³/mol. The van der Waals surface area contributed by atoms with Gasteiger partial charge >= 0.3 is 0 Å². The Morgan fingerprint density at radius 1 is 1.35 bits per heavy atom. The van der Waals surface area contributed by atoms with Crippen LogP contribution in [0.1, 0.15) is 25.5 Å². The Bertz CT molecular complexity index is 927. The molecule has 0 saturated carbocycles. The molecule has 1 aliphatic heterocycles. The number of nitriles is 1. The molecule has 0 atom stereocenters. The van der Waals surface area contributed by atoms with Gasteiger partial charge in [-0.05, 0) is 31.9 Å². The van der Waals surface area contributed by atoms with Crippen LogP contribution < -0.4 is 4.90 Å². The normalized spacial score (nSPS) is 17.5. The first-order valence-electron chi connectivity index (χ1n) is 7.72. The molecular weight excluding hydrogens is 290 g/mol. The molecule has 23 heavy (non-hydrogen) atoms. The highest BCUT2D eigenvalue weighted by molar-refractivity contribution is 6.13. The van der Waals surface area contributed by atoms with E-state index in [1.165, 1.54) is 0 Å². The van der Waals surface area contributed by atoms with Gasteiger partial charge in [0, 0.05) is 30.1 Å². The quantitative estimate of drug-likeness (QED) is 0.720. The average Bonchev–Trinajstić information content (AvgIpc) is 2.93. The van der Waals surface area contributed by atoms with E-state index >= 15 is 0 Å². The average molecular weight is 307 g/mol. The number of hydrogen-bond acceptors (Lipinski definition) is 5. The predicted octanol–water partition coefficient (Wildman–Crippen LogP) is 2.33. The molecule has 0 spiro atoms. The van der Waals surface area contributed by atoms with Crippen LogP contribution >= 0.6 is 0 Å². The van der Waals surface area contributed by atoms with Crippen LogP contribution in [0.5, 0.6) is 0 Å². The highest BCUT2D eigenvalue weighted by atomic mass is 16.3. The summed E-state index contributed by atoms with van der Waals surface area (Å²) in [5.74, 6) is 0. The number of aromatic amines is 1. The van der Waals surface area contributed by atoms with E-state index in [2.05, 4.69) is 25.9 Å². The van der Waals surface area contributed by atoms with E-state index in [4.69, 9.17) is 0 Å². The van der Waals surface area contributed by atoms with Gasteiger partial charge in [0.1, 0.15) is 11.7 Å². The number of pyridine rings is 2. The van der Waals surface area contributed by atoms with E-state index in [1.807, 2.05) is 19.1 Å². The minimum Gasteiger partial charge on any atom is -0.390 e. The van der Waals surface area contributed by atoms with Crippen LogP contribution in [-0.2, 0) is 0 Å². The minimum atomic E-state index is -0.633. The van der Waals surface area contributed by atoms with Crippen LogP contribution in [0.25, 0.3) is 21.9 Å². The number of rotatable bonds is 1. The van der Waals surface area contributed by atoms with Gasteiger partial charge in [-0.1, -0.05) is 0 Å². The molecule has 1 aliphatic rings. The third-order valence-corrected chi connectivity index (χ3v) is 4.65. The van der Waals surface area contributed by atoms with Crippen molar-refractivity contribution in [3.8, 4) is 6.07 Å². The number of anilines is 1. The summed E-state index contributed by atoms with van der Waals surface area (Å²) >= 11 is 0. The van der Waals surface area contributed by atoms with Crippen LogP contribution in [-0.4, -0.2) is 38.7 Å². The van der Waals surface area contributed by atoms with Gasteiger partial charge in [-0.3, -0.25) is 0 Å². The molecule has 0 amide bonds. The van der Waals surface area contributed by atoms with E-state index in [-0.39, 0.29) is 0 Å². The molecule has 0 aliphatic carbocycles. The first kappa shape index (κ1) is 14.0. The van der Waals surface area contributed by atoms with Crippen LogP contribution in [0.4, 0.5) is 5.69 Å². The maximum Gasteiger partial charge on any atom is 0.164 e. The third-order valence-electron chi connectivity index (χ3n) is 4.65. The van der Waals surface area contributed by atoms with Crippen molar-refractivity contribution in [3.63, 3.8) is 0 Å². The largest absolute Gasteiger partial charge is 0.390 e. The number of aromatic nitrogens is 3. The van der Waals surface area contributed by atoms with E-state index in [0.717, 1.165) is 27.6 Å². The van der Waals surface area contributed by atoms with Crippen molar-refractivity contribution in [1.29, 1.82) is 5.26 Å². The second-order valence-corrected chi connectivity index (χ2v) is 6.36. The summed E-state index contributed by atoms with van der Waals surface area (Å²) in [6.45, 7) is 3.27.